The summed E-state index contributed by atoms with van der Waals surface area (Å²) < 4.78 is 22.4. The van der Waals surface area contributed by atoms with E-state index in [0.717, 1.165) is 18.4 Å². The van der Waals surface area contributed by atoms with E-state index in [-0.39, 0.29) is 0 Å². The standard InChI is InChI=1S/C22H32N2O8/c1-14(21(28)23-16(13-25)11-19(26)27)24-22(7-5-6-8-32-22)12-15-9-17(29-2)20(31-4)18(10-15)30-3/h9-10,13-14,16,24H,5-8,11-12H2,1-4H3,(H,23,28)(H,26,27)/t14-,16-,22?/m0/s1. The normalized spacial score (nSPS) is 20.0. The molecule has 2 rings (SSSR count). The second-order valence-corrected chi connectivity index (χ2v) is 7.73. The van der Waals surface area contributed by atoms with Gasteiger partial charge in [0.05, 0.1) is 39.8 Å². The average Bonchev–Trinajstić information content (AvgIpc) is 2.77. The number of carbonyl (C=O) groups excluding carboxylic acids is 2. The number of hydrogen-bond donors (Lipinski definition) is 3. The van der Waals surface area contributed by atoms with Gasteiger partial charge in [0.2, 0.25) is 11.7 Å². The van der Waals surface area contributed by atoms with Gasteiger partial charge in [0.15, 0.2) is 11.5 Å². The monoisotopic (exact) mass is 452 g/mol. The molecule has 1 aliphatic rings. The molecule has 1 saturated heterocycles. The zero-order chi connectivity index (χ0) is 23.7. The highest BCUT2D eigenvalue weighted by atomic mass is 16.5. The largest absolute Gasteiger partial charge is 0.493 e. The number of methoxy groups -OCH3 is 3. The van der Waals surface area contributed by atoms with Gasteiger partial charge in [-0.15, -0.1) is 0 Å². The molecule has 0 bridgehead atoms. The number of aldehydes is 1. The van der Waals surface area contributed by atoms with Crippen LogP contribution in [-0.4, -0.2) is 69.0 Å². The van der Waals surface area contributed by atoms with Crippen molar-refractivity contribution in [2.24, 2.45) is 0 Å². The SMILES string of the molecule is COc1cc(CC2(N[C@@H](C)C(=O)N[C@H](C=O)CC(=O)O)CCCCO2)cc(OC)c1OC. The van der Waals surface area contributed by atoms with Gasteiger partial charge in [0.25, 0.3) is 0 Å². The molecule has 10 heteroatoms. The molecule has 0 radical (unpaired) electrons. The van der Waals surface area contributed by atoms with Gasteiger partial charge >= 0.3 is 5.97 Å². The van der Waals surface area contributed by atoms with Crippen LogP contribution in [-0.2, 0) is 25.5 Å². The van der Waals surface area contributed by atoms with Crippen molar-refractivity contribution in [1.29, 1.82) is 0 Å². The lowest BCUT2D eigenvalue weighted by atomic mass is 9.93. The molecule has 1 aliphatic heterocycles. The Balaban J connectivity index is 2.22. The van der Waals surface area contributed by atoms with Gasteiger partial charge in [-0.25, -0.2) is 0 Å². The minimum Gasteiger partial charge on any atom is -0.493 e. The van der Waals surface area contributed by atoms with E-state index >= 15 is 0 Å². The Morgan fingerprint density at radius 3 is 2.31 bits per heavy atom. The number of carbonyl (C=O) groups is 3. The van der Waals surface area contributed by atoms with Gasteiger partial charge in [-0.05, 0) is 43.9 Å². The first-order chi connectivity index (χ1) is 15.3. The molecular weight excluding hydrogens is 420 g/mol. The van der Waals surface area contributed by atoms with Gasteiger partial charge < -0.3 is 34.2 Å². The second kappa shape index (κ2) is 11.7. The molecule has 3 N–H and O–H groups in total. The highest BCUT2D eigenvalue weighted by Gasteiger charge is 2.37. The van der Waals surface area contributed by atoms with E-state index in [4.69, 9.17) is 24.1 Å². The molecule has 0 spiro atoms. The van der Waals surface area contributed by atoms with Crippen molar-refractivity contribution in [3.05, 3.63) is 17.7 Å². The van der Waals surface area contributed by atoms with Crippen LogP contribution >= 0.6 is 0 Å². The number of rotatable bonds is 12. The van der Waals surface area contributed by atoms with Crippen molar-refractivity contribution >= 4 is 18.2 Å². The van der Waals surface area contributed by atoms with Crippen LogP contribution in [0.2, 0.25) is 0 Å². The van der Waals surface area contributed by atoms with Crippen molar-refractivity contribution < 1.29 is 38.4 Å². The Morgan fingerprint density at radius 2 is 1.84 bits per heavy atom. The highest BCUT2D eigenvalue weighted by molar-refractivity contribution is 5.85. The second-order valence-electron chi connectivity index (χ2n) is 7.73. The minimum atomic E-state index is -1.17. The molecule has 178 valence electrons. The number of amides is 1. The highest BCUT2D eigenvalue weighted by Crippen LogP contribution is 2.39. The summed E-state index contributed by atoms with van der Waals surface area (Å²) in [5, 5.41) is 14.6. The Labute approximate surface area is 187 Å². The number of nitrogens with one attached hydrogen (secondary N) is 2. The van der Waals surface area contributed by atoms with Crippen LogP contribution in [0, 0.1) is 0 Å². The van der Waals surface area contributed by atoms with Crippen molar-refractivity contribution in [3.63, 3.8) is 0 Å². The van der Waals surface area contributed by atoms with Gasteiger partial charge in [-0.1, -0.05) is 0 Å². The number of carboxylic acids is 1. The van der Waals surface area contributed by atoms with Crippen molar-refractivity contribution in [2.45, 2.75) is 56.8 Å². The number of ether oxygens (including phenoxy) is 4. The molecular formula is C22H32N2O8. The summed E-state index contributed by atoms with van der Waals surface area (Å²) in [6.45, 7) is 2.18. The Kier molecular flexibility index (Phi) is 9.27. The molecule has 3 atom stereocenters. The van der Waals surface area contributed by atoms with Crippen molar-refractivity contribution in [3.8, 4) is 17.2 Å². The first kappa shape index (κ1) is 25.4. The molecule has 0 aliphatic carbocycles. The van der Waals surface area contributed by atoms with Gasteiger partial charge in [0.1, 0.15) is 12.0 Å². The number of aliphatic carboxylic acids is 1. The fourth-order valence-corrected chi connectivity index (χ4v) is 3.81. The van der Waals surface area contributed by atoms with Crippen LogP contribution < -0.4 is 24.8 Å². The van der Waals surface area contributed by atoms with Gasteiger partial charge in [-0.2, -0.15) is 0 Å². The Hall–Kier alpha value is -2.85. The molecule has 1 unspecified atom stereocenters. The molecule has 0 saturated carbocycles. The lowest BCUT2D eigenvalue weighted by Crippen LogP contribution is -2.59. The third kappa shape index (κ3) is 6.57. The quantitative estimate of drug-likeness (QED) is 0.401. The molecule has 1 amide bonds. The van der Waals surface area contributed by atoms with E-state index in [0.29, 0.717) is 43.0 Å². The van der Waals surface area contributed by atoms with Crippen LogP contribution in [0.4, 0.5) is 0 Å². The van der Waals surface area contributed by atoms with E-state index in [9.17, 15) is 14.4 Å². The predicted molar refractivity (Wildman–Crippen MR) is 115 cm³/mol. The maximum atomic E-state index is 12.6. The molecule has 32 heavy (non-hydrogen) atoms. The van der Waals surface area contributed by atoms with E-state index in [2.05, 4.69) is 10.6 Å². The van der Waals surface area contributed by atoms with E-state index in [1.165, 1.54) is 7.11 Å². The minimum absolute atomic E-state index is 0.418. The summed E-state index contributed by atoms with van der Waals surface area (Å²) in [6.07, 6.45) is 2.84. The van der Waals surface area contributed by atoms with Gasteiger partial charge in [0, 0.05) is 13.0 Å². The maximum Gasteiger partial charge on any atom is 0.305 e. The fourth-order valence-electron chi connectivity index (χ4n) is 3.81. The summed E-state index contributed by atoms with van der Waals surface area (Å²) in [5.74, 6) is -0.141. The first-order valence-electron chi connectivity index (χ1n) is 10.5. The zero-order valence-electron chi connectivity index (χ0n) is 18.9. The number of benzene rings is 1. The van der Waals surface area contributed by atoms with Crippen LogP contribution in [0.5, 0.6) is 17.2 Å². The lowest BCUT2D eigenvalue weighted by molar-refractivity contribution is -0.139. The van der Waals surface area contributed by atoms with Crippen molar-refractivity contribution in [1.82, 2.24) is 10.6 Å². The Bertz CT molecular complexity index is 782. The van der Waals surface area contributed by atoms with Gasteiger partial charge in [-0.3, -0.25) is 14.9 Å². The fraction of sp³-hybridized carbons (Fsp3) is 0.591. The van der Waals surface area contributed by atoms with Crippen LogP contribution in [0.25, 0.3) is 0 Å². The molecule has 0 aromatic heterocycles. The number of carboxylic acid groups (broad SMARTS) is 1. The van der Waals surface area contributed by atoms with E-state index < -0.39 is 36.1 Å². The summed E-state index contributed by atoms with van der Waals surface area (Å²) in [7, 11) is 4.61. The summed E-state index contributed by atoms with van der Waals surface area (Å²) in [4.78, 5) is 34.6. The van der Waals surface area contributed by atoms with E-state index in [1.54, 1.807) is 21.1 Å². The molecule has 1 aromatic carbocycles. The molecule has 1 aromatic rings. The summed E-state index contributed by atoms with van der Waals surface area (Å²) >= 11 is 0. The summed E-state index contributed by atoms with van der Waals surface area (Å²) in [6, 6.07) is 1.85. The van der Waals surface area contributed by atoms with Crippen LogP contribution in [0.3, 0.4) is 0 Å². The molecule has 1 fully saturated rings. The third-order valence-electron chi connectivity index (χ3n) is 5.33. The number of hydrogen-bond acceptors (Lipinski definition) is 8. The first-order valence-corrected chi connectivity index (χ1v) is 10.5. The third-order valence-corrected chi connectivity index (χ3v) is 5.33. The lowest BCUT2D eigenvalue weighted by Gasteiger charge is -2.40. The molecule has 10 nitrogen and oxygen atoms in total. The van der Waals surface area contributed by atoms with Crippen LogP contribution in [0.1, 0.15) is 38.2 Å². The van der Waals surface area contributed by atoms with Crippen LogP contribution in [0.15, 0.2) is 12.1 Å². The van der Waals surface area contributed by atoms with E-state index in [1.807, 2.05) is 12.1 Å². The topological polar surface area (TPSA) is 132 Å². The average molecular weight is 453 g/mol. The Morgan fingerprint density at radius 1 is 1.19 bits per heavy atom. The smallest absolute Gasteiger partial charge is 0.305 e. The maximum absolute atomic E-state index is 12.6. The zero-order valence-corrected chi connectivity index (χ0v) is 18.9. The molecule has 1 heterocycles. The van der Waals surface area contributed by atoms with Crippen molar-refractivity contribution in [2.75, 3.05) is 27.9 Å². The predicted octanol–water partition coefficient (Wildman–Crippen LogP) is 1.29. The summed E-state index contributed by atoms with van der Waals surface area (Å²) in [5.41, 5.74) is 0.0291.